The number of ether oxygens (including phenoxy) is 1. The summed E-state index contributed by atoms with van der Waals surface area (Å²) >= 11 is 0. The van der Waals surface area contributed by atoms with Crippen LogP contribution in [0.15, 0.2) is 18.2 Å². The predicted octanol–water partition coefficient (Wildman–Crippen LogP) is 2.41. The highest BCUT2D eigenvalue weighted by Gasteiger charge is 2.38. The molecule has 1 N–H and O–H groups in total. The van der Waals surface area contributed by atoms with Crippen LogP contribution in [-0.4, -0.2) is 19.0 Å². The summed E-state index contributed by atoms with van der Waals surface area (Å²) in [6.45, 7) is 3.85. The Kier molecular flexibility index (Phi) is 3.60. The van der Waals surface area contributed by atoms with E-state index in [9.17, 15) is 9.59 Å². The smallest absolute Gasteiger partial charge is 0.305 e. The third-order valence-corrected chi connectivity index (χ3v) is 3.65. The van der Waals surface area contributed by atoms with Crippen LogP contribution >= 0.6 is 0 Å². The maximum absolute atomic E-state index is 11.8. The van der Waals surface area contributed by atoms with Gasteiger partial charge < -0.3 is 10.1 Å². The molecule has 102 valence electrons. The van der Waals surface area contributed by atoms with Gasteiger partial charge in [0.05, 0.1) is 12.5 Å². The number of carbonyl (C=O) groups excluding carboxylic acids is 2. The largest absolute Gasteiger partial charge is 0.469 e. The van der Waals surface area contributed by atoms with E-state index in [1.165, 1.54) is 7.11 Å². The van der Waals surface area contributed by atoms with Crippen LogP contribution in [0.25, 0.3) is 0 Å². The summed E-state index contributed by atoms with van der Waals surface area (Å²) in [5.74, 6) is -0.146. The van der Waals surface area contributed by atoms with Crippen molar-refractivity contribution in [2.75, 3.05) is 12.4 Å². The second-order valence-electron chi connectivity index (χ2n) is 5.39. The van der Waals surface area contributed by atoms with Crippen molar-refractivity contribution >= 4 is 17.6 Å². The van der Waals surface area contributed by atoms with Crippen LogP contribution in [0.3, 0.4) is 0 Å². The van der Waals surface area contributed by atoms with E-state index in [-0.39, 0.29) is 11.9 Å². The second kappa shape index (κ2) is 5.03. The van der Waals surface area contributed by atoms with Crippen LogP contribution in [0.2, 0.25) is 0 Å². The second-order valence-corrected chi connectivity index (χ2v) is 5.39. The van der Waals surface area contributed by atoms with Crippen molar-refractivity contribution in [1.29, 1.82) is 0 Å². The van der Waals surface area contributed by atoms with Crippen LogP contribution in [0.4, 0.5) is 5.69 Å². The van der Waals surface area contributed by atoms with Crippen molar-refractivity contribution in [2.24, 2.45) is 0 Å². The first-order chi connectivity index (χ1) is 8.95. The first-order valence-corrected chi connectivity index (χ1v) is 6.47. The summed E-state index contributed by atoms with van der Waals surface area (Å²) < 4.78 is 4.62. The van der Waals surface area contributed by atoms with E-state index in [0.29, 0.717) is 6.42 Å². The zero-order valence-corrected chi connectivity index (χ0v) is 11.6. The van der Waals surface area contributed by atoms with E-state index >= 15 is 0 Å². The van der Waals surface area contributed by atoms with Gasteiger partial charge in [0, 0.05) is 12.1 Å². The Morgan fingerprint density at radius 2 is 2.11 bits per heavy atom. The highest BCUT2D eigenvalue weighted by molar-refractivity contribution is 6.05. The number of aryl methyl sites for hydroxylation is 1. The van der Waals surface area contributed by atoms with Gasteiger partial charge in [-0.3, -0.25) is 9.59 Å². The SMILES string of the molecule is COC(=O)CCCc1ccc2c(c1)C(C)(C)C(=O)N2. The van der Waals surface area contributed by atoms with Crippen molar-refractivity contribution in [3.05, 3.63) is 29.3 Å². The molecule has 0 atom stereocenters. The van der Waals surface area contributed by atoms with Gasteiger partial charge in [-0.15, -0.1) is 0 Å². The van der Waals surface area contributed by atoms with Crippen LogP contribution in [0, 0.1) is 0 Å². The Morgan fingerprint density at radius 1 is 1.37 bits per heavy atom. The molecule has 0 saturated heterocycles. The fraction of sp³-hybridized carbons (Fsp3) is 0.467. The molecule has 19 heavy (non-hydrogen) atoms. The van der Waals surface area contributed by atoms with Gasteiger partial charge in [0.2, 0.25) is 5.91 Å². The van der Waals surface area contributed by atoms with Crippen molar-refractivity contribution in [1.82, 2.24) is 0 Å². The molecule has 2 rings (SSSR count). The number of anilines is 1. The van der Waals surface area contributed by atoms with Crippen LogP contribution in [-0.2, 0) is 26.2 Å². The lowest BCUT2D eigenvalue weighted by molar-refractivity contribution is -0.140. The molecule has 1 aromatic carbocycles. The number of carbonyl (C=O) groups is 2. The molecular formula is C15H19NO3. The highest BCUT2D eigenvalue weighted by atomic mass is 16.5. The molecule has 0 saturated carbocycles. The number of nitrogens with one attached hydrogen (secondary N) is 1. The van der Waals surface area contributed by atoms with E-state index in [1.54, 1.807) is 0 Å². The molecule has 4 heteroatoms. The lowest BCUT2D eigenvalue weighted by Gasteiger charge is -2.15. The lowest BCUT2D eigenvalue weighted by atomic mass is 9.85. The lowest BCUT2D eigenvalue weighted by Crippen LogP contribution is -2.26. The summed E-state index contributed by atoms with van der Waals surface area (Å²) in [6.07, 6.45) is 1.99. The summed E-state index contributed by atoms with van der Waals surface area (Å²) in [5.41, 5.74) is 2.60. The zero-order chi connectivity index (χ0) is 14.0. The van der Waals surface area contributed by atoms with Gasteiger partial charge in [0.15, 0.2) is 0 Å². The fourth-order valence-electron chi connectivity index (χ4n) is 2.31. The number of hydrogen-bond acceptors (Lipinski definition) is 3. The summed E-state index contributed by atoms with van der Waals surface area (Å²) in [6, 6.07) is 6.00. The van der Waals surface area contributed by atoms with Crippen molar-refractivity contribution in [3.63, 3.8) is 0 Å². The number of rotatable bonds is 4. The molecule has 1 aliphatic heterocycles. The van der Waals surface area contributed by atoms with Crippen LogP contribution in [0.5, 0.6) is 0 Å². The Hall–Kier alpha value is -1.84. The molecule has 1 aliphatic rings. The van der Waals surface area contributed by atoms with E-state index in [4.69, 9.17) is 0 Å². The monoisotopic (exact) mass is 261 g/mol. The molecule has 1 aromatic rings. The van der Waals surface area contributed by atoms with E-state index in [1.807, 2.05) is 26.0 Å². The zero-order valence-electron chi connectivity index (χ0n) is 11.6. The quantitative estimate of drug-likeness (QED) is 0.847. The molecule has 4 nitrogen and oxygen atoms in total. The third kappa shape index (κ3) is 2.62. The molecule has 0 radical (unpaired) electrons. The van der Waals surface area contributed by atoms with E-state index in [0.717, 1.165) is 29.7 Å². The predicted molar refractivity (Wildman–Crippen MR) is 73.1 cm³/mol. The number of amides is 1. The highest BCUT2D eigenvalue weighted by Crippen LogP contribution is 2.37. The Morgan fingerprint density at radius 3 is 2.79 bits per heavy atom. The first-order valence-electron chi connectivity index (χ1n) is 6.47. The average molecular weight is 261 g/mol. The molecule has 0 unspecified atom stereocenters. The van der Waals surface area contributed by atoms with Gasteiger partial charge in [0.25, 0.3) is 0 Å². The number of fused-ring (bicyclic) bond motifs is 1. The van der Waals surface area contributed by atoms with E-state index in [2.05, 4.69) is 16.1 Å². The average Bonchev–Trinajstić information content (AvgIpc) is 2.60. The first kappa shape index (κ1) is 13.6. The molecule has 0 fully saturated rings. The molecule has 0 aromatic heterocycles. The van der Waals surface area contributed by atoms with Gasteiger partial charge in [0.1, 0.15) is 0 Å². The van der Waals surface area contributed by atoms with Gasteiger partial charge in [-0.25, -0.2) is 0 Å². The maximum Gasteiger partial charge on any atom is 0.305 e. The van der Waals surface area contributed by atoms with Crippen molar-refractivity contribution in [2.45, 2.75) is 38.5 Å². The summed E-state index contributed by atoms with van der Waals surface area (Å²) in [4.78, 5) is 22.9. The van der Waals surface area contributed by atoms with Gasteiger partial charge in [-0.2, -0.15) is 0 Å². The third-order valence-electron chi connectivity index (χ3n) is 3.65. The van der Waals surface area contributed by atoms with Gasteiger partial charge >= 0.3 is 5.97 Å². The minimum Gasteiger partial charge on any atom is -0.469 e. The Bertz CT molecular complexity index is 520. The minimum absolute atomic E-state index is 0.0363. The van der Waals surface area contributed by atoms with Crippen molar-refractivity contribution < 1.29 is 14.3 Å². The van der Waals surface area contributed by atoms with Crippen LogP contribution < -0.4 is 5.32 Å². The molecule has 0 spiro atoms. The molecule has 1 heterocycles. The Labute approximate surface area is 113 Å². The van der Waals surface area contributed by atoms with Crippen LogP contribution in [0.1, 0.15) is 37.8 Å². The normalized spacial score (nSPS) is 15.8. The Balaban J connectivity index is 2.08. The molecule has 1 amide bonds. The summed E-state index contributed by atoms with van der Waals surface area (Å²) in [5, 5.41) is 2.89. The topological polar surface area (TPSA) is 55.4 Å². The van der Waals surface area contributed by atoms with E-state index < -0.39 is 5.41 Å². The molecule has 0 aliphatic carbocycles. The molecule has 0 bridgehead atoms. The number of benzene rings is 1. The number of methoxy groups -OCH3 is 1. The standard InChI is InChI=1S/C15H19NO3/c1-15(2)11-9-10(5-4-6-13(17)19-3)7-8-12(11)16-14(15)18/h7-9H,4-6H2,1-3H3,(H,16,18). The minimum atomic E-state index is -0.478. The number of esters is 1. The fourth-order valence-corrected chi connectivity index (χ4v) is 2.31. The van der Waals surface area contributed by atoms with Gasteiger partial charge in [-0.05, 0) is 43.9 Å². The molecular weight excluding hydrogens is 242 g/mol. The number of hydrogen-bond donors (Lipinski definition) is 1. The maximum atomic E-state index is 11.8. The summed E-state index contributed by atoms with van der Waals surface area (Å²) in [7, 11) is 1.40. The van der Waals surface area contributed by atoms with Gasteiger partial charge in [-0.1, -0.05) is 12.1 Å². The van der Waals surface area contributed by atoms with Crippen molar-refractivity contribution in [3.8, 4) is 0 Å².